The molecule has 18 heavy (non-hydrogen) atoms. The number of hydrogen-bond donors (Lipinski definition) is 1. The second-order valence-corrected chi connectivity index (χ2v) is 4.32. The highest BCUT2D eigenvalue weighted by atomic mass is 16.3. The molecule has 0 unspecified atom stereocenters. The maximum Gasteiger partial charge on any atom is 0.147 e. The predicted octanol–water partition coefficient (Wildman–Crippen LogP) is 2.25. The quantitative estimate of drug-likeness (QED) is 0.837. The number of aromatic nitrogens is 1. The predicted molar refractivity (Wildman–Crippen MR) is 72.5 cm³/mol. The van der Waals surface area contributed by atoms with Crippen molar-refractivity contribution in [3.8, 4) is 6.07 Å². The van der Waals surface area contributed by atoms with Crippen LogP contribution in [0.4, 0.5) is 5.82 Å². The van der Waals surface area contributed by atoms with Crippen LogP contribution in [0.2, 0.25) is 0 Å². The topological polar surface area (TPSA) is 60.1 Å². The monoisotopic (exact) mass is 247 g/mol. The second kappa shape index (κ2) is 6.97. The maximum atomic E-state index is 9.22. The second-order valence-electron chi connectivity index (χ2n) is 4.32. The van der Waals surface area contributed by atoms with Crippen LogP contribution in [-0.2, 0) is 0 Å². The van der Waals surface area contributed by atoms with Crippen LogP contribution in [0.25, 0.3) is 0 Å². The van der Waals surface area contributed by atoms with Crippen molar-refractivity contribution in [2.75, 3.05) is 18.1 Å². The number of nitriles is 1. The number of aryl methyl sites for hydroxylation is 1. The van der Waals surface area contributed by atoms with Crippen molar-refractivity contribution in [3.05, 3.63) is 23.4 Å². The largest absolute Gasteiger partial charge is 0.395 e. The summed E-state index contributed by atoms with van der Waals surface area (Å²) in [6.45, 7) is 6.71. The van der Waals surface area contributed by atoms with Gasteiger partial charge in [-0.25, -0.2) is 4.98 Å². The summed E-state index contributed by atoms with van der Waals surface area (Å²) in [6, 6.07) is 6.12. The lowest BCUT2D eigenvalue weighted by Crippen LogP contribution is -2.38. The minimum absolute atomic E-state index is 0.0665. The number of anilines is 1. The summed E-state index contributed by atoms with van der Waals surface area (Å²) >= 11 is 0. The number of rotatable bonds is 6. The first-order chi connectivity index (χ1) is 8.67. The zero-order valence-electron chi connectivity index (χ0n) is 11.3. The summed E-state index contributed by atoms with van der Waals surface area (Å²) in [5, 5.41) is 18.4. The van der Waals surface area contributed by atoms with E-state index in [0.717, 1.165) is 18.5 Å². The van der Waals surface area contributed by atoms with E-state index in [4.69, 9.17) is 0 Å². The molecule has 0 aromatic carbocycles. The Morgan fingerprint density at radius 1 is 1.39 bits per heavy atom. The number of nitrogens with zero attached hydrogens (tertiary/aromatic N) is 3. The molecule has 0 saturated carbocycles. The van der Waals surface area contributed by atoms with Crippen LogP contribution in [-0.4, -0.2) is 29.3 Å². The molecule has 4 nitrogen and oxygen atoms in total. The highest BCUT2D eigenvalue weighted by Gasteiger charge is 2.19. The summed E-state index contributed by atoms with van der Waals surface area (Å²) < 4.78 is 0. The average Bonchev–Trinajstić information content (AvgIpc) is 2.39. The smallest absolute Gasteiger partial charge is 0.147 e. The van der Waals surface area contributed by atoms with E-state index in [2.05, 4.69) is 24.9 Å². The van der Waals surface area contributed by atoms with Gasteiger partial charge in [0.15, 0.2) is 0 Å². The van der Waals surface area contributed by atoms with Crippen molar-refractivity contribution in [2.24, 2.45) is 0 Å². The molecule has 0 saturated heterocycles. The van der Waals surface area contributed by atoms with Gasteiger partial charge in [0.1, 0.15) is 11.9 Å². The maximum absolute atomic E-state index is 9.22. The Hall–Kier alpha value is -1.60. The third-order valence-corrected chi connectivity index (χ3v) is 3.13. The summed E-state index contributed by atoms with van der Waals surface area (Å²) in [6.07, 6.45) is 1.94. The third kappa shape index (κ3) is 3.21. The van der Waals surface area contributed by atoms with Crippen molar-refractivity contribution in [1.82, 2.24) is 4.98 Å². The fourth-order valence-electron chi connectivity index (χ4n) is 2.15. The molecule has 0 spiro atoms. The Kier molecular flexibility index (Phi) is 5.60. The summed E-state index contributed by atoms with van der Waals surface area (Å²) in [4.78, 5) is 6.52. The van der Waals surface area contributed by atoms with Gasteiger partial charge in [-0.2, -0.15) is 5.26 Å². The highest BCUT2D eigenvalue weighted by molar-refractivity contribution is 5.55. The highest BCUT2D eigenvalue weighted by Crippen LogP contribution is 2.22. The van der Waals surface area contributed by atoms with E-state index in [-0.39, 0.29) is 6.61 Å². The number of hydrogen-bond acceptors (Lipinski definition) is 4. The molecule has 98 valence electrons. The lowest BCUT2D eigenvalue weighted by Gasteiger charge is -2.31. The Bertz CT molecular complexity index is 422. The van der Waals surface area contributed by atoms with Gasteiger partial charge in [-0.3, -0.25) is 0 Å². The van der Waals surface area contributed by atoms with E-state index >= 15 is 0 Å². The molecular formula is C14H21N3O. The van der Waals surface area contributed by atoms with Crippen LogP contribution < -0.4 is 4.90 Å². The van der Waals surface area contributed by atoms with E-state index in [0.29, 0.717) is 24.0 Å². The average molecular weight is 247 g/mol. The Balaban J connectivity index is 3.19. The van der Waals surface area contributed by atoms with Crippen molar-refractivity contribution in [1.29, 1.82) is 5.26 Å². The van der Waals surface area contributed by atoms with Crippen LogP contribution in [0.5, 0.6) is 0 Å². The van der Waals surface area contributed by atoms with Crippen molar-refractivity contribution in [2.45, 2.75) is 39.7 Å². The zero-order valence-corrected chi connectivity index (χ0v) is 11.3. The molecule has 1 heterocycles. The molecule has 0 fully saturated rings. The van der Waals surface area contributed by atoms with E-state index < -0.39 is 0 Å². The molecular weight excluding hydrogens is 226 g/mol. The van der Waals surface area contributed by atoms with Crippen molar-refractivity contribution in [3.63, 3.8) is 0 Å². The standard InChI is InChI=1S/C14H21N3O/c1-4-13(5-2)17(8-9-18)14-12(10-15)7-6-11(3)16-14/h6-7,13,18H,4-5,8-9H2,1-3H3. The van der Waals surface area contributed by atoms with Crippen LogP contribution in [0.1, 0.15) is 37.9 Å². The Labute approximate surface area is 109 Å². The summed E-state index contributed by atoms with van der Waals surface area (Å²) in [5.74, 6) is 0.695. The fraction of sp³-hybridized carbons (Fsp3) is 0.571. The van der Waals surface area contributed by atoms with Gasteiger partial charge in [0.2, 0.25) is 0 Å². The molecule has 0 aliphatic carbocycles. The number of aliphatic hydroxyl groups is 1. The van der Waals surface area contributed by atoms with E-state index in [1.54, 1.807) is 6.07 Å². The lowest BCUT2D eigenvalue weighted by atomic mass is 10.1. The van der Waals surface area contributed by atoms with Crippen LogP contribution >= 0.6 is 0 Å². The summed E-state index contributed by atoms with van der Waals surface area (Å²) in [7, 11) is 0. The van der Waals surface area contributed by atoms with Gasteiger partial charge in [-0.1, -0.05) is 13.8 Å². The molecule has 0 aliphatic heterocycles. The normalized spacial score (nSPS) is 10.4. The van der Waals surface area contributed by atoms with Crippen LogP contribution in [0.15, 0.2) is 12.1 Å². The van der Waals surface area contributed by atoms with Gasteiger partial charge in [0.05, 0.1) is 12.2 Å². The fourth-order valence-corrected chi connectivity index (χ4v) is 2.15. The zero-order chi connectivity index (χ0) is 13.5. The van der Waals surface area contributed by atoms with Crippen molar-refractivity contribution >= 4 is 5.82 Å². The Morgan fingerprint density at radius 2 is 2.06 bits per heavy atom. The summed E-state index contributed by atoms with van der Waals surface area (Å²) in [5.41, 5.74) is 1.46. The SMILES string of the molecule is CCC(CC)N(CCO)c1nc(C)ccc1C#N. The first kappa shape index (κ1) is 14.5. The van der Waals surface area contributed by atoms with Gasteiger partial charge in [-0.15, -0.1) is 0 Å². The van der Waals surface area contributed by atoms with Crippen molar-refractivity contribution < 1.29 is 5.11 Å². The van der Waals surface area contributed by atoms with Gasteiger partial charge in [-0.05, 0) is 31.9 Å². The molecule has 1 aromatic heterocycles. The van der Waals surface area contributed by atoms with Crippen LogP contribution in [0, 0.1) is 18.3 Å². The molecule has 0 radical (unpaired) electrons. The van der Waals surface area contributed by atoms with Gasteiger partial charge in [0, 0.05) is 18.3 Å². The number of aliphatic hydroxyl groups excluding tert-OH is 1. The molecule has 4 heteroatoms. The number of pyridine rings is 1. The molecule has 0 amide bonds. The van der Waals surface area contributed by atoms with E-state index in [9.17, 15) is 10.4 Å². The van der Waals surface area contributed by atoms with E-state index in [1.807, 2.05) is 17.9 Å². The first-order valence-electron chi connectivity index (χ1n) is 6.43. The molecule has 0 aliphatic rings. The molecule has 1 N–H and O–H groups in total. The minimum atomic E-state index is 0.0665. The van der Waals surface area contributed by atoms with E-state index in [1.165, 1.54) is 0 Å². The first-order valence-corrected chi connectivity index (χ1v) is 6.43. The molecule has 0 bridgehead atoms. The Morgan fingerprint density at radius 3 is 2.56 bits per heavy atom. The van der Waals surface area contributed by atoms with Crippen LogP contribution in [0.3, 0.4) is 0 Å². The lowest BCUT2D eigenvalue weighted by molar-refractivity contribution is 0.295. The van der Waals surface area contributed by atoms with Gasteiger partial charge >= 0.3 is 0 Å². The third-order valence-electron chi connectivity index (χ3n) is 3.13. The minimum Gasteiger partial charge on any atom is -0.395 e. The van der Waals surface area contributed by atoms with Gasteiger partial charge < -0.3 is 10.0 Å². The van der Waals surface area contributed by atoms with Gasteiger partial charge in [0.25, 0.3) is 0 Å². The molecule has 1 aromatic rings. The molecule has 0 atom stereocenters. The molecule has 1 rings (SSSR count).